The highest BCUT2D eigenvalue weighted by Crippen LogP contribution is 2.28. The summed E-state index contributed by atoms with van der Waals surface area (Å²) in [5, 5.41) is 2.89. The Bertz CT molecular complexity index is 922. The lowest BCUT2D eigenvalue weighted by Gasteiger charge is -2.34. The minimum absolute atomic E-state index is 0.184. The number of nitrogens with one attached hydrogen (secondary N) is 1. The van der Waals surface area contributed by atoms with Crippen molar-refractivity contribution in [2.45, 2.75) is 25.3 Å². The van der Waals surface area contributed by atoms with Gasteiger partial charge >= 0.3 is 0 Å². The number of rotatable bonds is 6. The molecular formula is C24H31N5O3. The third-order valence-corrected chi connectivity index (χ3v) is 6.22. The van der Waals surface area contributed by atoms with Gasteiger partial charge in [-0.05, 0) is 30.5 Å². The van der Waals surface area contributed by atoms with E-state index in [1.807, 2.05) is 41.3 Å². The van der Waals surface area contributed by atoms with E-state index >= 15 is 0 Å². The van der Waals surface area contributed by atoms with E-state index in [4.69, 9.17) is 10.5 Å². The Morgan fingerprint density at radius 2 is 1.75 bits per heavy atom. The molecule has 4 rings (SSSR count). The Hall–Kier alpha value is -2.97. The van der Waals surface area contributed by atoms with E-state index in [1.54, 1.807) is 6.07 Å². The van der Waals surface area contributed by atoms with E-state index in [0.29, 0.717) is 31.9 Å². The summed E-state index contributed by atoms with van der Waals surface area (Å²) in [5.74, 6) is 0.447. The van der Waals surface area contributed by atoms with Gasteiger partial charge in [-0.1, -0.05) is 30.3 Å². The second-order valence-electron chi connectivity index (χ2n) is 8.38. The van der Waals surface area contributed by atoms with Crippen LogP contribution in [0.5, 0.6) is 0 Å². The number of pyridine rings is 1. The van der Waals surface area contributed by atoms with Crippen molar-refractivity contribution in [3.63, 3.8) is 0 Å². The molecule has 8 nitrogen and oxygen atoms in total. The molecule has 3 heterocycles. The van der Waals surface area contributed by atoms with Crippen molar-refractivity contribution >= 4 is 17.6 Å². The number of anilines is 1. The SMILES string of the molecule is Nc1nc(C2CCN(C(=O)CN3CCOCC3)CC2)ccc1C(=O)NCc1ccccc1. The second-order valence-corrected chi connectivity index (χ2v) is 8.38. The lowest BCUT2D eigenvalue weighted by atomic mass is 9.92. The number of carbonyl (C=O) groups excluding carboxylic acids is 2. The van der Waals surface area contributed by atoms with E-state index in [0.717, 1.165) is 50.3 Å². The minimum atomic E-state index is -0.228. The van der Waals surface area contributed by atoms with Gasteiger partial charge in [0.2, 0.25) is 5.91 Å². The highest BCUT2D eigenvalue weighted by molar-refractivity contribution is 5.98. The molecule has 170 valence electrons. The van der Waals surface area contributed by atoms with Gasteiger partial charge in [-0.25, -0.2) is 4.98 Å². The van der Waals surface area contributed by atoms with Crippen molar-refractivity contribution < 1.29 is 14.3 Å². The van der Waals surface area contributed by atoms with Gasteiger partial charge in [0.05, 0.1) is 25.3 Å². The number of ether oxygens (including phenoxy) is 1. The number of nitrogen functional groups attached to an aromatic ring is 1. The molecule has 1 aromatic heterocycles. The smallest absolute Gasteiger partial charge is 0.255 e. The predicted octanol–water partition coefficient (Wildman–Crippen LogP) is 1.63. The van der Waals surface area contributed by atoms with Crippen LogP contribution in [0, 0.1) is 0 Å². The number of piperidine rings is 1. The third-order valence-electron chi connectivity index (χ3n) is 6.22. The zero-order valence-corrected chi connectivity index (χ0v) is 18.3. The van der Waals surface area contributed by atoms with Crippen molar-refractivity contribution in [2.75, 3.05) is 51.7 Å². The fourth-order valence-electron chi connectivity index (χ4n) is 4.26. The van der Waals surface area contributed by atoms with Gasteiger partial charge in [-0.15, -0.1) is 0 Å². The Balaban J connectivity index is 1.28. The molecule has 0 atom stereocenters. The Morgan fingerprint density at radius 1 is 1.03 bits per heavy atom. The summed E-state index contributed by atoms with van der Waals surface area (Å²) < 4.78 is 5.35. The van der Waals surface area contributed by atoms with Crippen LogP contribution in [0.4, 0.5) is 5.82 Å². The summed E-state index contributed by atoms with van der Waals surface area (Å²) in [4.78, 5) is 33.8. The summed E-state index contributed by atoms with van der Waals surface area (Å²) in [5.41, 5.74) is 8.43. The highest BCUT2D eigenvalue weighted by atomic mass is 16.5. The van der Waals surface area contributed by atoms with Gasteiger partial charge in [0.1, 0.15) is 5.82 Å². The molecule has 0 unspecified atom stereocenters. The van der Waals surface area contributed by atoms with Crippen LogP contribution >= 0.6 is 0 Å². The topological polar surface area (TPSA) is 101 Å². The molecule has 0 bridgehead atoms. The predicted molar refractivity (Wildman–Crippen MR) is 122 cm³/mol. The van der Waals surface area contributed by atoms with Gasteiger partial charge in [-0.2, -0.15) is 0 Å². The molecule has 2 aromatic rings. The van der Waals surface area contributed by atoms with E-state index < -0.39 is 0 Å². The molecule has 0 radical (unpaired) electrons. The number of hydrogen-bond donors (Lipinski definition) is 2. The number of nitrogens with zero attached hydrogens (tertiary/aromatic N) is 3. The van der Waals surface area contributed by atoms with Crippen LogP contribution in [-0.2, 0) is 16.1 Å². The first kappa shape index (κ1) is 22.2. The van der Waals surface area contributed by atoms with Crippen LogP contribution < -0.4 is 11.1 Å². The molecule has 2 fully saturated rings. The molecule has 2 saturated heterocycles. The van der Waals surface area contributed by atoms with Gasteiger partial charge in [0.15, 0.2) is 0 Å². The number of morpholine rings is 1. The summed E-state index contributed by atoms with van der Waals surface area (Å²) in [6, 6.07) is 13.4. The zero-order chi connectivity index (χ0) is 22.3. The number of likely N-dealkylation sites (tertiary alicyclic amines) is 1. The third kappa shape index (κ3) is 5.63. The van der Waals surface area contributed by atoms with Crippen LogP contribution in [0.2, 0.25) is 0 Å². The maximum atomic E-state index is 12.6. The first-order valence-electron chi connectivity index (χ1n) is 11.3. The van der Waals surface area contributed by atoms with E-state index in [1.165, 1.54) is 0 Å². The molecule has 1 aromatic carbocycles. The summed E-state index contributed by atoms with van der Waals surface area (Å²) in [7, 11) is 0. The van der Waals surface area contributed by atoms with Crippen LogP contribution in [-0.4, -0.2) is 72.5 Å². The summed E-state index contributed by atoms with van der Waals surface area (Å²) in [6.07, 6.45) is 1.70. The van der Waals surface area contributed by atoms with Gasteiger partial charge in [0.25, 0.3) is 5.91 Å². The standard InChI is InChI=1S/C24H31N5O3/c25-23-20(24(31)26-16-18-4-2-1-3-5-18)6-7-21(27-23)19-8-10-29(11-9-19)22(30)17-28-12-14-32-15-13-28/h1-7,19H,8-17H2,(H2,25,27)(H,26,31). The molecule has 32 heavy (non-hydrogen) atoms. The zero-order valence-electron chi connectivity index (χ0n) is 18.3. The van der Waals surface area contributed by atoms with E-state index in [-0.39, 0.29) is 23.6 Å². The van der Waals surface area contributed by atoms with Gasteiger partial charge in [-0.3, -0.25) is 14.5 Å². The normalized spacial score (nSPS) is 17.8. The number of aromatic nitrogens is 1. The first-order chi connectivity index (χ1) is 15.6. The van der Waals surface area contributed by atoms with E-state index in [2.05, 4.69) is 15.2 Å². The molecule has 8 heteroatoms. The van der Waals surface area contributed by atoms with Crippen molar-refractivity contribution in [3.05, 3.63) is 59.3 Å². The molecule has 3 N–H and O–H groups in total. The minimum Gasteiger partial charge on any atom is -0.383 e. The molecule has 2 amide bonds. The van der Waals surface area contributed by atoms with Crippen LogP contribution in [0.1, 0.15) is 40.4 Å². The summed E-state index contributed by atoms with van der Waals surface area (Å²) in [6.45, 7) is 5.37. The van der Waals surface area contributed by atoms with Crippen LogP contribution in [0.25, 0.3) is 0 Å². The lowest BCUT2D eigenvalue weighted by molar-refractivity contribution is -0.134. The van der Waals surface area contributed by atoms with E-state index in [9.17, 15) is 9.59 Å². The fourth-order valence-corrected chi connectivity index (χ4v) is 4.26. The number of carbonyl (C=O) groups is 2. The molecule has 0 spiro atoms. The first-order valence-corrected chi connectivity index (χ1v) is 11.3. The average Bonchev–Trinajstić information content (AvgIpc) is 2.84. The summed E-state index contributed by atoms with van der Waals surface area (Å²) >= 11 is 0. The van der Waals surface area contributed by atoms with Crippen molar-refractivity contribution in [1.29, 1.82) is 0 Å². The Labute approximate surface area is 188 Å². The second kappa shape index (κ2) is 10.6. The lowest BCUT2D eigenvalue weighted by Crippen LogP contribution is -2.46. The maximum absolute atomic E-state index is 12.6. The highest BCUT2D eigenvalue weighted by Gasteiger charge is 2.26. The van der Waals surface area contributed by atoms with Gasteiger partial charge in [0, 0.05) is 44.3 Å². The van der Waals surface area contributed by atoms with Crippen molar-refractivity contribution in [1.82, 2.24) is 20.1 Å². The molecule has 2 aliphatic rings. The van der Waals surface area contributed by atoms with Crippen LogP contribution in [0.3, 0.4) is 0 Å². The number of hydrogen-bond acceptors (Lipinski definition) is 6. The molecular weight excluding hydrogens is 406 g/mol. The molecule has 0 saturated carbocycles. The number of amides is 2. The number of benzene rings is 1. The maximum Gasteiger partial charge on any atom is 0.255 e. The van der Waals surface area contributed by atoms with Crippen LogP contribution in [0.15, 0.2) is 42.5 Å². The van der Waals surface area contributed by atoms with Gasteiger partial charge < -0.3 is 20.7 Å². The fraction of sp³-hybridized carbons (Fsp3) is 0.458. The molecule has 2 aliphatic heterocycles. The molecule has 0 aliphatic carbocycles. The average molecular weight is 438 g/mol. The number of nitrogens with two attached hydrogens (primary N) is 1. The largest absolute Gasteiger partial charge is 0.383 e. The van der Waals surface area contributed by atoms with Crippen molar-refractivity contribution in [2.24, 2.45) is 0 Å². The Kier molecular flexibility index (Phi) is 7.34. The quantitative estimate of drug-likeness (QED) is 0.713. The Morgan fingerprint density at radius 3 is 2.44 bits per heavy atom. The monoisotopic (exact) mass is 437 g/mol. The van der Waals surface area contributed by atoms with Crippen molar-refractivity contribution in [3.8, 4) is 0 Å².